The van der Waals surface area contributed by atoms with Crippen molar-refractivity contribution < 1.29 is 0 Å². The normalized spacial score (nSPS) is 12.8. The minimum atomic E-state index is 0.151. The van der Waals surface area contributed by atoms with Crippen LogP contribution in [0.5, 0.6) is 0 Å². The summed E-state index contributed by atoms with van der Waals surface area (Å²) in [5, 5.41) is 7.70. The van der Waals surface area contributed by atoms with Gasteiger partial charge in [0.15, 0.2) is 0 Å². The highest BCUT2D eigenvalue weighted by Crippen LogP contribution is 2.23. The maximum Gasteiger partial charge on any atom is 0.0944 e. The summed E-state index contributed by atoms with van der Waals surface area (Å²) in [5.74, 6) is 5.71. The van der Waals surface area contributed by atoms with Gasteiger partial charge >= 0.3 is 0 Å². The first-order chi connectivity index (χ1) is 9.55. The first-order valence-corrected chi connectivity index (χ1v) is 8.31. The fraction of sp³-hybridized carbons (Fsp3) is 0.538. The molecule has 0 amide bonds. The van der Waals surface area contributed by atoms with Crippen LogP contribution >= 0.6 is 27.3 Å². The molecule has 0 aliphatic heterocycles. The molecule has 0 spiro atoms. The van der Waals surface area contributed by atoms with Crippen LogP contribution in [0.25, 0.3) is 0 Å². The van der Waals surface area contributed by atoms with E-state index < -0.39 is 0 Å². The summed E-state index contributed by atoms with van der Waals surface area (Å²) >= 11 is 5.31. The zero-order chi connectivity index (χ0) is 14.7. The Morgan fingerprint density at radius 2 is 2.20 bits per heavy atom. The average Bonchev–Trinajstić information content (AvgIpc) is 2.95. The molecule has 0 aromatic carbocycles. The Bertz CT molecular complexity index is 577. The van der Waals surface area contributed by atoms with Crippen LogP contribution in [-0.4, -0.2) is 20.8 Å². The number of halogens is 1. The van der Waals surface area contributed by atoms with Crippen molar-refractivity contribution >= 4 is 27.3 Å². The Kier molecular flexibility index (Phi) is 5.31. The number of rotatable bonds is 6. The van der Waals surface area contributed by atoms with E-state index in [-0.39, 0.29) is 6.04 Å². The summed E-state index contributed by atoms with van der Waals surface area (Å²) in [5.41, 5.74) is 6.17. The van der Waals surface area contributed by atoms with E-state index in [9.17, 15) is 0 Å². The van der Waals surface area contributed by atoms with Gasteiger partial charge in [0.25, 0.3) is 0 Å². The van der Waals surface area contributed by atoms with Gasteiger partial charge in [-0.1, -0.05) is 0 Å². The molecule has 0 aliphatic carbocycles. The summed E-state index contributed by atoms with van der Waals surface area (Å²) in [7, 11) is 0. The first-order valence-electron chi connectivity index (χ1n) is 6.64. The van der Waals surface area contributed by atoms with E-state index in [4.69, 9.17) is 5.84 Å². The van der Waals surface area contributed by atoms with E-state index in [0.717, 1.165) is 40.3 Å². The quantitative estimate of drug-likeness (QED) is 0.614. The molecule has 2 aromatic heterocycles. The topological polar surface area (TPSA) is 68.8 Å². The lowest BCUT2D eigenvalue weighted by molar-refractivity contribution is 0.494. The summed E-state index contributed by atoms with van der Waals surface area (Å²) < 4.78 is 3.10. The van der Waals surface area contributed by atoms with Crippen LogP contribution in [0.2, 0.25) is 0 Å². The Balaban J connectivity index is 2.14. The van der Waals surface area contributed by atoms with E-state index in [2.05, 4.69) is 43.7 Å². The van der Waals surface area contributed by atoms with Gasteiger partial charge in [0, 0.05) is 36.5 Å². The highest BCUT2D eigenvalue weighted by molar-refractivity contribution is 9.10. The maximum atomic E-state index is 5.71. The van der Waals surface area contributed by atoms with Crippen LogP contribution in [0, 0.1) is 13.8 Å². The molecule has 0 bridgehead atoms. The Labute approximate surface area is 131 Å². The maximum absolute atomic E-state index is 5.71. The third-order valence-electron chi connectivity index (χ3n) is 3.22. The molecule has 1 unspecified atom stereocenters. The van der Waals surface area contributed by atoms with Crippen LogP contribution in [0.1, 0.15) is 29.0 Å². The zero-order valence-corrected chi connectivity index (χ0v) is 14.4. The Morgan fingerprint density at radius 3 is 2.75 bits per heavy atom. The van der Waals surface area contributed by atoms with Gasteiger partial charge in [0.1, 0.15) is 0 Å². The van der Waals surface area contributed by atoms with E-state index >= 15 is 0 Å². The van der Waals surface area contributed by atoms with Crippen molar-refractivity contribution in [1.82, 2.24) is 20.2 Å². The first kappa shape index (κ1) is 15.6. The largest absolute Gasteiger partial charge is 0.271 e. The molecule has 110 valence electrons. The number of hydrogen-bond donors (Lipinski definition) is 2. The smallest absolute Gasteiger partial charge is 0.0944 e. The Hall–Kier alpha value is -0.760. The second kappa shape index (κ2) is 6.80. The van der Waals surface area contributed by atoms with Gasteiger partial charge in [0.05, 0.1) is 20.9 Å². The molecule has 3 N–H and O–H groups in total. The van der Waals surface area contributed by atoms with E-state index in [1.54, 1.807) is 11.3 Å². The fourth-order valence-electron chi connectivity index (χ4n) is 2.19. The average molecular weight is 358 g/mol. The molecule has 0 fully saturated rings. The molecule has 1 atom stereocenters. The Morgan fingerprint density at radius 1 is 1.45 bits per heavy atom. The number of nitrogens with two attached hydrogens (primary N) is 1. The van der Waals surface area contributed by atoms with Crippen LogP contribution < -0.4 is 11.3 Å². The van der Waals surface area contributed by atoms with Crippen molar-refractivity contribution in [2.24, 2.45) is 5.84 Å². The van der Waals surface area contributed by atoms with Crippen molar-refractivity contribution in [1.29, 1.82) is 0 Å². The monoisotopic (exact) mass is 357 g/mol. The van der Waals surface area contributed by atoms with Crippen molar-refractivity contribution in [2.75, 3.05) is 0 Å². The van der Waals surface area contributed by atoms with Crippen molar-refractivity contribution in [3.8, 4) is 0 Å². The van der Waals surface area contributed by atoms with Gasteiger partial charge in [0.2, 0.25) is 0 Å². The minimum absolute atomic E-state index is 0.151. The molecule has 0 radical (unpaired) electrons. The van der Waals surface area contributed by atoms with Gasteiger partial charge in [-0.25, -0.2) is 4.98 Å². The lowest BCUT2D eigenvalue weighted by Gasteiger charge is -2.15. The molecule has 5 nitrogen and oxygen atoms in total. The SMILES string of the molecule is CCn1nc(C)c(Br)c1CC(Cc1nc(C)cs1)NN. The van der Waals surface area contributed by atoms with Gasteiger partial charge < -0.3 is 0 Å². The van der Waals surface area contributed by atoms with E-state index in [1.165, 1.54) is 5.69 Å². The van der Waals surface area contributed by atoms with Crippen LogP contribution in [0.3, 0.4) is 0 Å². The second-order valence-corrected chi connectivity index (χ2v) is 6.55. The van der Waals surface area contributed by atoms with Gasteiger partial charge in [-0.3, -0.25) is 16.0 Å². The zero-order valence-electron chi connectivity index (χ0n) is 12.0. The molecule has 0 saturated carbocycles. The van der Waals surface area contributed by atoms with Crippen LogP contribution in [0.4, 0.5) is 0 Å². The van der Waals surface area contributed by atoms with Crippen molar-refractivity contribution in [3.05, 3.63) is 31.9 Å². The lowest BCUT2D eigenvalue weighted by Crippen LogP contribution is -2.39. The number of aryl methyl sites for hydroxylation is 3. The summed E-state index contributed by atoms with van der Waals surface area (Å²) in [6.07, 6.45) is 1.65. The van der Waals surface area contributed by atoms with E-state index in [0.29, 0.717) is 0 Å². The van der Waals surface area contributed by atoms with Crippen LogP contribution in [0.15, 0.2) is 9.85 Å². The van der Waals surface area contributed by atoms with Crippen molar-refractivity contribution in [2.45, 2.75) is 46.2 Å². The second-order valence-electron chi connectivity index (χ2n) is 4.82. The van der Waals surface area contributed by atoms with Crippen LogP contribution in [-0.2, 0) is 19.4 Å². The fourth-order valence-corrected chi connectivity index (χ4v) is 3.49. The van der Waals surface area contributed by atoms with Gasteiger partial charge in [-0.15, -0.1) is 11.3 Å². The van der Waals surface area contributed by atoms with Gasteiger partial charge in [-0.05, 0) is 36.7 Å². The molecule has 7 heteroatoms. The highest BCUT2D eigenvalue weighted by atomic mass is 79.9. The summed E-state index contributed by atoms with van der Waals surface area (Å²) in [4.78, 5) is 4.50. The number of aromatic nitrogens is 3. The molecule has 0 saturated heterocycles. The highest BCUT2D eigenvalue weighted by Gasteiger charge is 2.18. The third-order valence-corrected chi connectivity index (χ3v) is 5.24. The lowest BCUT2D eigenvalue weighted by atomic mass is 10.1. The number of thiazole rings is 1. The molecule has 2 rings (SSSR count). The standard InChI is InChI=1S/C13H20BrN5S/c1-4-19-11(13(14)9(3)18-19)5-10(17-15)6-12-16-8(2)7-20-12/h7,10,17H,4-6,15H2,1-3H3. The minimum Gasteiger partial charge on any atom is -0.271 e. The number of hydrazine groups is 1. The van der Waals surface area contributed by atoms with E-state index in [1.807, 2.05) is 18.5 Å². The summed E-state index contributed by atoms with van der Waals surface area (Å²) in [6, 6.07) is 0.151. The molecular formula is C13H20BrN5S. The van der Waals surface area contributed by atoms with Gasteiger partial charge in [-0.2, -0.15) is 5.10 Å². The molecule has 2 aromatic rings. The molecular weight excluding hydrogens is 338 g/mol. The third kappa shape index (κ3) is 3.46. The number of nitrogens with one attached hydrogen (secondary N) is 1. The number of hydrogen-bond acceptors (Lipinski definition) is 5. The predicted octanol–water partition coefficient (Wildman–Crippen LogP) is 2.36. The summed E-state index contributed by atoms with van der Waals surface area (Å²) in [6.45, 7) is 6.97. The predicted molar refractivity (Wildman–Crippen MR) is 85.7 cm³/mol. The molecule has 20 heavy (non-hydrogen) atoms. The van der Waals surface area contributed by atoms with Crippen molar-refractivity contribution in [3.63, 3.8) is 0 Å². The molecule has 0 aliphatic rings. The molecule has 2 heterocycles. The number of nitrogens with zero attached hydrogens (tertiary/aromatic N) is 3.